The minimum atomic E-state index is -0.809. The highest BCUT2D eigenvalue weighted by Gasteiger charge is 2.25. The topological polar surface area (TPSA) is 85.2 Å². The third-order valence-electron chi connectivity index (χ3n) is 3.79. The molecule has 3 N–H and O–H groups in total. The van der Waals surface area contributed by atoms with E-state index in [0.29, 0.717) is 24.1 Å². The molecule has 1 aliphatic rings. The van der Waals surface area contributed by atoms with Gasteiger partial charge in [-0.25, -0.2) is 0 Å². The third kappa shape index (κ3) is 3.29. The normalized spacial score (nSPS) is 20.8. The van der Waals surface area contributed by atoms with Crippen LogP contribution >= 0.6 is 0 Å². The smallest absolute Gasteiger partial charge is 0.226 e. The maximum atomic E-state index is 10.1. The van der Waals surface area contributed by atoms with Crippen molar-refractivity contribution >= 4 is 0 Å². The number of aliphatic hydroxyl groups is 1. The van der Waals surface area contributed by atoms with Crippen LogP contribution in [0.15, 0.2) is 4.52 Å². The van der Waals surface area contributed by atoms with E-state index in [-0.39, 0.29) is 6.04 Å². The van der Waals surface area contributed by atoms with Crippen LogP contribution in [-0.2, 0) is 6.42 Å². The minimum absolute atomic E-state index is 0.296. The Bertz CT molecular complexity index is 361. The molecule has 0 radical (unpaired) electrons. The number of hydrogen-bond donors (Lipinski definition) is 2. The Morgan fingerprint density at radius 1 is 1.39 bits per heavy atom. The van der Waals surface area contributed by atoms with Crippen molar-refractivity contribution in [3.8, 4) is 0 Å². The number of rotatable bonds is 5. The Morgan fingerprint density at radius 3 is 2.72 bits per heavy atom. The first-order valence-corrected chi connectivity index (χ1v) is 6.96. The van der Waals surface area contributed by atoms with Crippen molar-refractivity contribution in [3.05, 3.63) is 11.7 Å². The summed E-state index contributed by atoms with van der Waals surface area (Å²) in [6.45, 7) is 1.94. The molecule has 0 amide bonds. The summed E-state index contributed by atoms with van der Waals surface area (Å²) in [5, 5.41) is 13.9. The fourth-order valence-electron chi connectivity index (χ4n) is 2.66. The Morgan fingerprint density at radius 2 is 2.11 bits per heavy atom. The molecule has 5 nitrogen and oxygen atoms in total. The summed E-state index contributed by atoms with van der Waals surface area (Å²) in [4.78, 5) is 4.14. The summed E-state index contributed by atoms with van der Waals surface area (Å²) >= 11 is 0. The zero-order valence-corrected chi connectivity index (χ0v) is 11.0. The van der Waals surface area contributed by atoms with Gasteiger partial charge in [0.05, 0.1) is 0 Å². The zero-order valence-electron chi connectivity index (χ0n) is 11.0. The lowest BCUT2D eigenvalue weighted by Gasteiger charge is -2.25. The SMILES string of the molecule is CCc1nc(C(O)[C@@H](N)CC2CCCCC2)no1. The standard InChI is InChI=1S/C13H23N3O2/c1-2-11-15-13(16-18-11)12(17)10(14)8-9-6-4-3-5-7-9/h9-10,12,17H,2-8,14H2,1H3/t10-,12?/m0/s1. The molecule has 1 saturated carbocycles. The van der Waals surface area contributed by atoms with Crippen LogP contribution in [0.3, 0.4) is 0 Å². The monoisotopic (exact) mass is 253 g/mol. The first kappa shape index (κ1) is 13.5. The van der Waals surface area contributed by atoms with Crippen molar-refractivity contribution in [1.29, 1.82) is 0 Å². The van der Waals surface area contributed by atoms with E-state index in [9.17, 15) is 5.11 Å². The van der Waals surface area contributed by atoms with Crippen LogP contribution in [0, 0.1) is 5.92 Å². The average molecular weight is 253 g/mol. The summed E-state index contributed by atoms with van der Waals surface area (Å²) in [6.07, 6.45) is 7.08. The lowest BCUT2D eigenvalue weighted by Crippen LogP contribution is -2.32. The van der Waals surface area contributed by atoms with Gasteiger partial charge in [-0.15, -0.1) is 0 Å². The molecule has 1 heterocycles. The second-order valence-electron chi connectivity index (χ2n) is 5.25. The van der Waals surface area contributed by atoms with Crippen LogP contribution < -0.4 is 5.73 Å². The molecule has 1 aromatic rings. The molecule has 0 aliphatic heterocycles. The number of aliphatic hydroxyl groups excluding tert-OH is 1. The van der Waals surface area contributed by atoms with Crippen LogP contribution in [0.25, 0.3) is 0 Å². The van der Waals surface area contributed by atoms with E-state index in [1.54, 1.807) is 0 Å². The van der Waals surface area contributed by atoms with Crippen LogP contribution in [0.1, 0.15) is 63.3 Å². The van der Waals surface area contributed by atoms with Crippen LogP contribution in [0.4, 0.5) is 0 Å². The summed E-state index contributed by atoms with van der Waals surface area (Å²) in [6, 6.07) is -0.296. The molecule has 5 heteroatoms. The number of aryl methyl sites for hydroxylation is 1. The maximum absolute atomic E-state index is 10.1. The van der Waals surface area contributed by atoms with Crippen molar-refractivity contribution in [2.75, 3.05) is 0 Å². The fourth-order valence-corrected chi connectivity index (χ4v) is 2.66. The van der Waals surface area contributed by atoms with Gasteiger partial charge in [0.25, 0.3) is 0 Å². The zero-order chi connectivity index (χ0) is 13.0. The van der Waals surface area contributed by atoms with E-state index < -0.39 is 6.10 Å². The molecule has 0 aromatic carbocycles. The van der Waals surface area contributed by atoms with E-state index in [1.165, 1.54) is 32.1 Å². The average Bonchev–Trinajstić information content (AvgIpc) is 2.87. The van der Waals surface area contributed by atoms with Gasteiger partial charge in [-0.1, -0.05) is 44.2 Å². The van der Waals surface area contributed by atoms with Gasteiger partial charge in [0.15, 0.2) is 0 Å². The van der Waals surface area contributed by atoms with Gasteiger partial charge >= 0.3 is 0 Å². The van der Waals surface area contributed by atoms with Crippen LogP contribution in [0.5, 0.6) is 0 Å². The molecule has 0 spiro atoms. The van der Waals surface area contributed by atoms with E-state index in [0.717, 1.165) is 6.42 Å². The minimum Gasteiger partial charge on any atom is -0.383 e. The number of aromatic nitrogens is 2. The van der Waals surface area contributed by atoms with Gasteiger partial charge in [-0.05, 0) is 12.3 Å². The quantitative estimate of drug-likeness (QED) is 0.838. The summed E-state index contributed by atoms with van der Waals surface area (Å²) in [5.74, 6) is 1.52. The largest absolute Gasteiger partial charge is 0.383 e. The van der Waals surface area contributed by atoms with Crippen molar-refractivity contribution in [1.82, 2.24) is 10.1 Å². The van der Waals surface area contributed by atoms with Crippen molar-refractivity contribution < 1.29 is 9.63 Å². The molecule has 18 heavy (non-hydrogen) atoms. The first-order chi connectivity index (χ1) is 8.70. The molecule has 1 fully saturated rings. The van der Waals surface area contributed by atoms with Gasteiger partial charge < -0.3 is 15.4 Å². The number of nitrogens with two attached hydrogens (primary N) is 1. The van der Waals surface area contributed by atoms with Crippen LogP contribution in [0.2, 0.25) is 0 Å². The molecule has 1 aliphatic carbocycles. The first-order valence-electron chi connectivity index (χ1n) is 6.96. The van der Waals surface area contributed by atoms with E-state index >= 15 is 0 Å². The number of hydrogen-bond acceptors (Lipinski definition) is 5. The predicted octanol–water partition coefficient (Wildman–Crippen LogP) is 1.96. The predicted molar refractivity (Wildman–Crippen MR) is 67.8 cm³/mol. The van der Waals surface area contributed by atoms with Crippen molar-refractivity contribution in [2.45, 2.75) is 64.0 Å². The second-order valence-corrected chi connectivity index (χ2v) is 5.25. The Hall–Kier alpha value is -0.940. The molecular weight excluding hydrogens is 230 g/mol. The highest BCUT2D eigenvalue weighted by atomic mass is 16.5. The van der Waals surface area contributed by atoms with Crippen LogP contribution in [-0.4, -0.2) is 21.3 Å². The molecule has 0 bridgehead atoms. The fraction of sp³-hybridized carbons (Fsp3) is 0.846. The Kier molecular flexibility index (Phi) is 4.72. The molecule has 1 unspecified atom stereocenters. The molecule has 2 rings (SSSR count). The highest BCUT2D eigenvalue weighted by Crippen LogP contribution is 2.29. The van der Waals surface area contributed by atoms with E-state index in [1.807, 2.05) is 6.92 Å². The maximum Gasteiger partial charge on any atom is 0.226 e. The lowest BCUT2D eigenvalue weighted by molar-refractivity contribution is 0.116. The summed E-state index contributed by atoms with van der Waals surface area (Å²) in [7, 11) is 0. The van der Waals surface area contributed by atoms with Gasteiger partial charge in [0.2, 0.25) is 11.7 Å². The molecule has 2 atom stereocenters. The van der Waals surface area contributed by atoms with Crippen molar-refractivity contribution in [2.24, 2.45) is 11.7 Å². The van der Waals surface area contributed by atoms with Gasteiger partial charge in [-0.3, -0.25) is 0 Å². The Labute approximate surface area is 108 Å². The van der Waals surface area contributed by atoms with Gasteiger partial charge in [0.1, 0.15) is 6.10 Å². The summed E-state index contributed by atoms with van der Waals surface area (Å²) < 4.78 is 5.00. The second kappa shape index (κ2) is 6.29. The Balaban J connectivity index is 1.88. The van der Waals surface area contributed by atoms with Gasteiger partial charge in [0, 0.05) is 12.5 Å². The van der Waals surface area contributed by atoms with Crippen molar-refractivity contribution in [3.63, 3.8) is 0 Å². The number of nitrogens with zero attached hydrogens (tertiary/aromatic N) is 2. The molecule has 0 saturated heterocycles. The highest BCUT2D eigenvalue weighted by molar-refractivity contribution is 4.95. The molecule has 102 valence electrons. The molecule has 1 aromatic heterocycles. The molecular formula is C13H23N3O2. The summed E-state index contributed by atoms with van der Waals surface area (Å²) in [5.41, 5.74) is 6.06. The lowest BCUT2D eigenvalue weighted by atomic mass is 9.84. The third-order valence-corrected chi connectivity index (χ3v) is 3.79. The van der Waals surface area contributed by atoms with E-state index in [2.05, 4.69) is 10.1 Å². The van der Waals surface area contributed by atoms with E-state index in [4.69, 9.17) is 10.3 Å². The van der Waals surface area contributed by atoms with Gasteiger partial charge in [-0.2, -0.15) is 4.98 Å².